The molecule has 0 bridgehead atoms. The summed E-state index contributed by atoms with van der Waals surface area (Å²) in [6.07, 6.45) is -0.0439. The maximum Gasteiger partial charge on any atom is 0.273 e. The van der Waals surface area contributed by atoms with E-state index in [1.54, 1.807) is 25.2 Å². The van der Waals surface area contributed by atoms with Crippen LogP contribution < -0.4 is 10.9 Å². The molecule has 9 heteroatoms. The van der Waals surface area contributed by atoms with Gasteiger partial charge in [0, 0.05) is 31.0 Å². The monoisotopic (exact) mass is 332 g/mol. The summed E-state index contributed by atoms with van der Waals surface area (Å²) in [7, 11) is 1.61. The number of para-hydroxylation sites is 1. The molecule has 1 aliphatic heterocycles. The molecule has 23 heavy (non-hydrogen) atoms. The number of aromatic nitrogens is 2. The number of fused-ring (bicyclic) bond motifs is 1. The van der Waals surface area contributed by atoms with Gasteiger partial charge >= 0.3 is 0 Å². The number of H-pyrrole nitrogens is 1. The van der Waals surface area contributed by atoms with Crippen molar-refractivity contribution in [2.24, 2.45) is 7.05 Å². The fourth-order valence-corrected chi connectivity index (χ4v) is 2.98. The molecule has 0 spiro atoms. The number of benzene rings is 1. The Morgan fingerprint density at radius 1 is 1.35 bits per heavy atom. The maximum absolute atomic E-state index is 12.4. The van der Waals surface area contributed by atoms with Gasteiger partial charge in [-0.1, -0.05) is 18.2 Å². The summed E-state index contributed by atoms with van der Waals surface area (Å²) in [5.41, 5.74) is 0.0279. The Balaban J connectivity index is 2.32. The Morgan fingerprint density at radius 3 is 2.74 bits per heavy atom. The number of rotatable bonds is 2. The van der Waals surface area contributed by atoms with E-state index in [2.05, 4.69) is 10.3 Å². The molecule has 118 valence electrons. The van der Waals surface area contributed by atoms with Gasteiger partial charge in [-0.05, 0) is 12.2 Å². The number of nitrogens with one attached hydrogen (secondary N) is 2. The van der Waals surface area contributed by atoms with E-state index in [9.17, 15) is 19.7 Å². The third-order valence-corrected chi connectivity index (χ3v) is 4.24. The molecule has 1 aromatic carbocycles. The smallest absolute Gasteiger partial charge is 0.273 e. The van der Waals surface area contributed by atoms with Gasteiger partial charge in [0.25, 0.3) is 11.2 Å². The van der Waals surface area contributed by atoms with Crippen LogP contribution in [0.4, 0.5) is 11.5 Å². The molecule has 2 aromatic rings. The van der Waals surface area contributed by atoms with E-state index in [4.69, 9.17) is 12.2 Å². The number of hydrogen-bond donors (Lipinski definition) is 2. The predicted molar refractivity (Wildman–Crippen MR) is 85.1 cm³/mol. The minimum Gasteiger partial charge on any atom is -0.312 e. The molecule has 0 fully saturated rings. The molecule has 0 aliphatic carbocycles. The third-order valence-electron chi connectivity index (χ3n) is 3.86. The van der Waals surface area contributed by atoms with Crippen LogP contribution in [0.25, 0.3) is 0 Å². The van der Waals surface area contributed by atoms with Gasteiger partial charge < -0.3 is 9.88 Å². The number of hydrogen-bond acceptors (Lipinski definition) is 5. The first kappa shape index (κ1) is 15.1. The molecule has 2 N–H and O–H groups in total. The lowest BCUT2D eigenvalue weighted by atomic mass is 9.86. The molecule has 2 heterocycles. The highest BCUT2D eigenvalue weighted by Gasteiger charge is 2.34. The summed E-state index contributed by atoms with van der Waals surface area (Å²) >= 11 is 5.04. The van der Waals surface area contributed by atoms with Gasteiger partial charge in [-0.15, -0.1) is 0 Å². The number of nitro benzene ring substituents is 1. The third kappa shape index (κ3) is 2.44. The van der Waals surface area contributed by atoms with Crippen molar-refractivity contribution >= 4 is 29.6 Å². The molecule has 1 atom stereocenters. The second-order valence-corrected chi connectivity index (χ2v) is 5.59. The van der Waals surface area contributed by atoms with Crippen LogP contribution in [0.5, 0.6) is 0 Å². The van der Waals surface area contributed by atoms with Crippen LogP contribution >= 0.6 is 12.2 Å². The highest BCUT2D eigenvalue weighted by Crippen LogP contribution is 2.38. The lowest BCUT2D eigenvalue weighted by molar-refractivity contribution is -0.385. The van der Waals surface area contributed by atoms with Gasteiger partial charge in [0.2, 0.25) is 5.91 Å². The van der Waals surface area contributed by atoms with Crippen LogP contribution in [-0.4, -0.2) is 20.4 Å². The quantitative estimate of drug-likeness (QED) is 0.495. The van der Waals surface area contributed by atoms with Crippen LogP contribution in [0.2, 0.25) is 0 Å². The molecule has 3 rings (SSSR count). The second-order valence-electron chi connectivity index (χ2n) is 5.20. The summed E-state index contributed by atoms with van der Waals surface area (Å²) in [5, 5.41) is 13.9. The van der Waals surface area contributed by atoms with E-state index in [0.717, 1.165) is 0 Å². The lowest BCUT2D eigenvalue weighted by Gasteiger charge is -2.26. The zero-order valence-electron chi connectivity index (χ0n) is 12.0. The van der Waals surface area contributed by atoms with Crippen molar-refractivity contribution in [3.05, 3.63) is 60.6 Å². The van der Waals surface area contributed by atoms with E-state index in [0.29, 0.717) is 5.56 Å². The van der Waals surface area contributed by atoms with E-state index < -0.39 is 16.4 Å². The first-order valence-electron chi connectivity index (χ1n) is 6.76. The zero-order valence-corrected chi connectivity index (χ0v) is 12.8. The molecular weight excluding hydrogens is 320 g/mol. The van der Waals surface area contributed by atoms with Crippen molar-refractivity contribution in [1.29, 1.82) is 0 Å². The molecule has 8 nitrogen and oxygen atoms in total. The number of carbonyl (C=O) groups excluding carboxylic acids is 1. The standard InChI is InChI=1S/C14H12N4O4S/c1-17-12-11(13(20)16-14(17)23)8(6-10(19)15-12)7-4-2-3-5-9(7)18(21)22/h2-5,8H,6H2,1H3,(H,15,19)(H,16,20,23). The number of nitro groups is 1. The van der Waals surface area contributed by atoms with Crippen molar-refractivity contribution in [1.82, 2.24) is 9.55 Å². The topological polar surface area (TPSA) is 110 Å². The van der Waals surface area contributed by atoms with Gasteiger partial charge in [-0.25, -0.2) is 0 Å². The number of anilines is 1. The van der Waals surface area contributed by atoms with Crippen LogP contribution in [0.1, 0.15) is 23.5 Å². The Bertz CT molecular complexity index is 947. The van der Waals surface area contributed by atoms with E-state index in [1.807, 2.05) is 0 Å². The number of carbonyl (C=O) groups is 1. The van der Waals surface area contributed by atoms with Crippen molar-refractivity contribution < 1.29 is 9.72 Å². The molecule has 1 unspecified atom stereocenters. The van der Waals surface area contributed by atoms with Gasteiger partial charge in [0.15, 0.2) is 4.77 Å². The van der Waals surface area contributed by atoms with Crippen molar-refractivity contribution in [3.8, 4) is 0 Å². The summed E-state index contributed by atoms with van der Waals surface area (Å²) < 4.78 is 1.64. The first-order valence-corrected chi connectivity index (χ1v) is 7.17. The first-order chi connectivity index (χ1) is 10.9. The van der Waals surface area contributed by atoms with Crippen molar-refractivity contribution in [2.75, 3.05) is 5.32 Å². The van der Waals surface area contributed by atoms with Crippen molar-refractivity contribution in [3.63, 3.8) is 0 Å². The average Bonchev–Trinajstić information content (AvgIpc) is 2.51. The highest BCUT2D eigenvalue weighted by atomic mass is 32.1. The summed E-state index contributed by atoms with van der Waals surface area (Å²) in [6, 6.07) is 6.11. The van der Waals surface area contributed by atoms with Crippen LogP contribution in [-0.2, 0) is 11.8 Å². The average molecular weight is 332 g/mol. The van der Waals surface area contributed by atoms with Gasteiger partial charge in [-0.2, -0.15) is 0 Å². The largest absolute Gasteiger partial charge is 0.312 e. The Kier molecular flexibility index (Phi) is 3.57. The molecular formula is C14H12N4O4S. The summed E-state index contributed by atoms with van der Waals surface area (Å²) in [4.78, 5) is 37.7. The van der Waals surface area contributed by atoms with E-state index in [1.165, 1.54) is 10.6 Å². The lowest BCUT2D eigenvalue weighted by Crippen LogP contribution is -2.33. The van der Waals surface area contributed by atoms with Crippen molar-refractivity contribution in [2.45, 2.75) is 12.3 Å². The number of amides is 1. The minimum atomic E-state index is -0.703. The Hall–Kier alpha value is -2.81. The molecule has 0 saturated carbocycles. The SMILES string of the molecule is Cn1c2c(c(=O)[nH]c1=S)C(c1ccccc1[N+](=O)[O-])CC(=O)N2. The Morgan fingerprint density at radius 2 is 2.04 bits per heavy atom. The second kappa shape index (κ2) is 5.43. The van der Waals surface area contributed by atoms with E-state index in [-0.39, 0.29) is 34.2 Å². The minimum absolute atomic E-state index is 0.0439. The molecule has 0 radical (unpaired) electrons. The van der Waals surface area contributed by atoms with Crippen LogP contribution in [0.15, 0.2) is 29.1 Å². The number of aromatic amines is 1. The number of nitrogens with zero attached hydrogens (tertiary/aromatic N) is 2. The normalized spacial score (nSPS) is 16.6. The zero-order chi connectivity index (χ0) is 16.7. The van der Waals surface area contributed by atoms with Crippen LogP contribution in [0, 0.1) is 14.9 Å². The Labute approximate surface area is 134 Å². The van der Waals surface area contributed by atoms with Gasteiger partial charge in [-0.3, -0.25) is 24.7 Å². The fraction of sp³-hybridized carbons (Fsp3) is 0.214. The molecule has 1 aliphatic rings. The summed E-state index contributed by atoms with van der Waals surface area (Å²) in [5.74, 6) is -0.750. The summed E-state index contributed by atoms with van der Waals surface area (Å²) in [6.45, 7) is 0. The fourth-order valence-electron chi connectivity index (χ4n) is 2.80. The maximum atomic E-state index is 12.4. The molecule has 0 saturated heterocycles. The highest BCUT2D eigenvalue weighted by molar-refractivity contribution is 7.71. The van der Waals surface area contributed by atoms with E-state index >= 15 is 0 Å². The van der Waals surface area contributed by atoms with Crippen LogP contribution in [0.3, 0.4) is 0 Å². The van der Waals surface area contributed by atoms with Gasteiger partial charge in [0.05, 0.1) is 10.5 Å². The van der Waals surface area contributed by atoms with Gasteiger partial charge in [0.1, 0.15) is 5.82 Å². The molecule has 1 aromatic heterocycles. The predicted octanol–water partition coefficient (Wildman–Crippen LogP) is 1.83. The molecule has 1 amide bonds.